The summed E-state index contributed by atoms with van der Waals surface area (Å²) >= 11 is 2.19. The van der Waals surface area contributed by atoms with Gasteiger partial charge in [-0.15, -0.1) is 0 Å². The second kappa shape index (κ2) is 22.0. The Labute approximate surface area is 210 Å². The van der Waals surface area contributed by atoms with E-state index in [4.69, 9.17) is 0 Å². The van der Waals surface area contributed by atoms with Gasteiger partial charge in [-0.2, -0.15) is 11.8 Å². The number of likely N-dealkylation sites (tertiary alicyclic amines) is 1. The van der Waals surface area contributed by atoms with Gasteiger partial charge in [0.1, 0.15) is 0 Å². The number of thioether (sulfide) groups is 1. The first kappa shape index (κ1) is 30.5. The number of hydrogen-bond donors (Lipinski definition) is 0. The molecule has 1 aliphatic heterocycles. The van der Waals surface area contributed by atoms with Crippen LogP contribution in [0.1, 0.15) is 155 Å². The topological polar surface area (TPSA) is 37.4 Å². The molecule has 1 atom stereocenters. The predicted molar refractivity (Wildman–Crippen MR) is 146 cm³/mol. The van der Waals surface area contributed by atoms with Gasteiger partial charge in [-0.3, -0.25) is 14.5 Å². The Morgan fingerprint density at radius 1 is 0.636 bits per heavy atom. The van der Waals surface area contributed by atoms with Crippen molar-refractivity contribution in [3.8, 4) is 0 Å². The molecule has 33 heavy (non-hydrogen) atoms. The number of carbonyl (C=O) groups is 2. The van der Waals surface area contributed by atoms with Gasteiger partial charge in [-0.05, 0) is 44.3 Å². The van der Waals surface area contributed by atoms with Crippen molar-refractivity contribution in [2.24, 2.45) is 0 Å². The number of amides is 2. The van der Waals surface area contributed by atoms with Gasteiger partial charge < -0.3 is 0 Å². The summed E-state index contributed by atoms with van der Waals surface area (Å²) in [5.41, 5.74) is 0. The average molecular weight is 482 g/mol. The average Bonchev–Trinajstić information content (AvgIpc) is 2.97. The first-order chi connectivity index (χ1) is 16.2. The van der Waals surface area contributed by atoms with Crippen LogP contribution in [0.4, 0.5) is 0 Å². The smallest absolute Gasteiger partial charge is 0.229 e. The summed E-state index contributed by atoms with van der Waals surface area (Å²) in [6.45, 7) is 5.23. The Balaban J connectivity index is 2.05. The van der Waals surface area contributed by atoms with Gasteiger partial charge in [-0.1, -0.05) is 104 Å². The molecule has 0 aromatic heterocycles. The Morgan fingerprint density at radius 2 is 1.12 bits per heavy atom. The van der Waals surface area contributed by atoms with E-state index in [0.29, 0.717) is 19.4 Å². The minimum absolute atomic E-state index is 0.0541. The molecular weight excluding hydrogens is 426 g/mol. The normalized spacial score (nSPS) is 15.8. The van der Waals surface area contributed by atoms with E-state index in [2.05, 4.69) is 25.6 Å². The van der Waals surface area contributed by atoms with Crippen molar-refractivity contribution in [3.63, 3.8) is 0 Å². The van der Waals surface area contributed by atoms with Crippen LogP contribution in [0.25, 0.3) is 0 Å². The molecule has 0 radical (unpaired) electrons. The summed E-state index contributed by atoms with van der Waals surface area (Å²) in [5.74, 6) is 1.34. The molecule has 2 amide bonds. The van der Waals surface area contributed by atoms with Crippen molar-refractivity contribution in [3.05, 3.63) is 0 Å². The van der Waals surface area contributed by atoms with E-state index < -0.39 is 0 Å². The van der Waals surface area contributed by atoms with E-state index in [0.717, 1.165) is 30.9 Å². The monoisotopic (exact) mass is 481 g/mol. The summed E-state index contributed by atoms with van der Waals surface area (Å²) in [7, 11) is 0. The lowest BCUT2D eigenvalue weighted by molar-refractivity contribution is -0.143. The van der Waals surface area contributed by atoms with Crippen molar-refractivity contribution in [1.29, 1.82) is 0 Å². The molecule has 0 N–H and O–H groups in total. The summed E-state index contributed by atoms with van der Waals surface area (Å²) in [6.07, 6.45) is 27.2. The lowest BCUT2D eigenvalue weighted by Gasteiger charge is -2.19. The summed E-state index contributed by atoms with van der Waals surface area (Å²) < 4.78 is 0. The molecule has 1 saturated heterocycles. The standard InChI is InChI=1S/C29H55NO2S/c1-3-5-7-8-9-10-11-12-13-14-16-22-27(21-6-4-2)33-26-20-15-19-25-30-28(31)23-17-18-24-29(30)32/h27H,3-26H2,1-2H3. The van der Waals surface area contributed by atoms with Crippen LogP contribution in [0.2, 0.25) is 0 Å². The zero-order valence-corrected chi connectivity index (χ0v) is 23.0. The van der Waals surface area contributed by atoms with E-state index in [1.54, 1.807) is 0 Å². The number of hydrogen-bond acceptors (Lipinski definition) is 3. The van der Waals surface area contributed by atoms with Crippen molar-refractivity contribution < 1.29 is 9.59 Å². The Morgan fingerprint density at radius 3 is 1.70 bits per heavy atom. The maximum Gasteiger partial charge on any atom is 0.229 e. The van der Waals surface area contributed by atoms with Crippen LogP contribution in [0.15, 0.2) is 0 Å². The van der Waals surface area contributed by atoms with Crippen LogP contribution in [-0.4, -0.2) is 34.3 Å². The molecule has 0 bridgehead atoms. The molecule has 1 fully saturated rings. The molecule has 3 nitrogen and oxygen atoms in total. The van der Waals surface area contributed by atoms with Crippen LogP contribution in [0.3, 0.4) is 0 Å². The highest BCUT2D eigenvalue weighted by Crippen LogP contribution is 2.25. The van der Waals surface area contributed by atoms with Gasteiger partial charge in [0, 0.05) is 24.6 Å². The van der Waals surface area contributed by atoms with E-state index in [9.17, 15) is 9.59 Å². The highest BCUT2D eigenvalue weighted by Gasteiger charge is 2.23. The third-order valence-corrected chi connectivity index (χ3v) is 8.49. The first-order valence-electron chi connectivity index (χ1n) is 14.6. The van der Waals surface area contributed by atoms with Gasteiger partial charge >= 0.3 is 0 Å². The molecule has 0 spiro atoms. The fourth-order valence-electron chi connectivity index (χ4n) is 4.79. The van der Waals surface area contributed by atoms with Gasteiger partial charge in [0.05, 0.1) is 0 Å². The van der Waals surface area contributed by atoms with Gasteiger partial charge in [0.25, 0.3) is 0 Å². The van der Waals surface area contributed by atoms with Crippen molar-refractivity contribution in [2.45, 2.75) is 160 Å². The summed E-state index contributed by atoms with van der Waals surface area (Å²) in [4.78, 5) is 25.7. The highest BCUT2D eigenvalue weighted by molar-refractivity contribution is 7.99. The Bertz CT molecular complexity index is 464. The number of nitrogens with zero attached hydrogens (tertiary/aromatic N) is 1. The fourth-order valence-corrected chi connectivity index (χ4v) is 6.16. The zero-order chi connectivity index (χ0) is 24.0. The van der Waals surface area contributed by atoms with Crippen molar-refractivity contribution in [1.82, 2.24) is 4.90 Å². The lowest BCUT2D eigenvalue weighted by Crippen LogP contribution is -2.35. The molecular formula is C29H55NO2S. The molecule has 0 aliphatic carbocycles. The van der Waals surface area contributed by atoms with Crippen LogP contribution in [0, 0.1) is 0 Å². The molecule has 1 rings (SSSR count). The largest absolute Gasteiger partial charge is 0.283 e. The van der Waals surface area contributed by atoms with Crippen LogP contribution >= 0.6 is 11.8 Å². The second-order valence-electron chi connectivity index (χ2n) is 10.2. The maximum absolute atomic E-state index is 12.1. The molecule has 1 aliphatic rings. The molecule has 0 aromatic carbocycles. The number of unbranched alkanes of at least 4 members (excludes halogenated alkanes) is 13. The lowest BCUT2D eigenvalue weighted by atomic mass is 10.0. The minimum Gasteiger partial charge on any atom is -0.283 e. The third kappa shape index (κ3) is 16.7. The molecule has 1 heterocycles. The number of carbonyl (C=O) groups excluding carboxylic acids is 2. The van der Waals surface area contributed by atoms with E-state index in [1.807, 2.05) is 0 Å². The van der Waals surface area contributed by atoms with Gasteiger partial charge in [0.15, 0.2) is 0 Å². The van der Waals surface area contributed by atoms with E-state index in [1.165, 1.54) is 113 Å². The van der Waals surface area contributed by atoms with E-state index in [-0.39, 0.29) is 11.8 Å². The van der Waals surface area contributed by atoms with Crippen LogP contribution < -0.4 is 0 Å². The van der Waals surface area contributed by atoms with E-state index >= 15 is 0 Å². The Hall–Kier alpha value is -0.510. The zero-order valence-electron chi connectivity index (χ0n) is 22.2. The highest BCUT2D eigenvalue weighted by atomic mass is 32.2. The predicted octanol–water partition coefficient (Wildman–Crippen LogP) is 9.08. The van der Waals surface area contributed by atoms with Crippen LogP contribution in [0.5, 0.6) is 0 Å². The molecule has 0 aromatic rings. The molecule has 194 valence electrons. The Kier molecular flexibility index (Phi) is 20.3. The molecule has 4 heteroatoms. The van der Waals surface area contributed by atoms with Crippen molar-refractivity contribution >= 4 is 23.6 Å². The SMILES string of the molecule is CCCCCCCCCCCCCC(CCCC)SCCCCCN1C(=O)CCCCC1=O. The molecule has 0 saturated carbocycles. The number of imide groups is 1. The van der Waals surface area contributed by atoms with Crippen molar-refractivity contribution in [2.75, 3.05) is 12.3 Å². The summed E-state index contributed by atoms with van der Waals surface area (Å²) in [6, 6.07) is 0. The van der Waals surface area contributed by atoms with Gasteiger partial charge in [0.2, 0.25) is 11.8 Å². The number of rotatable bonds is 22. The van der Waals surface area contributed by atoms with Gasteiger partial charge in [-0.25, -0.2) is 0 Å². The quantitative estimate of drug-likeness (QED) is 0.114. The fraction of sp³-hybridized carbons (Fsp3) is 0.931. The first-order valence-corrected chi connectivity index (χ1v) is 15.7. The summed E-state index contributed by atoms with van der Waals surface area (Å²) in [5, 5.41) is 0.831. The third-order valence-electron chi connectivity index (χ3n) is 7.02. The maximum atomic E-state index is 12.1. The minimum atomic E-state index is 0.0541. The second-order valence-corrected chi connectivity index (χ2v) is 11.6. The van der Waals surface area contributed by atoms with Crippen LogP contribution in [-0.2, 0) is 9.59 Å². The molecule has 1 unspecified atom stereocenters.